The third-order valence-electron chi connectivity index (χ3n) is 4.07. The Morgan fingerprint density at radius 1 is 1.15 bits per heavy atom. The number of benzene rings is 1. The molecule has 146 valence electrons. The summed E-state index contributed by atoms with van der Waals surface area (Å²) in [5.41, 5.74) is 1.18. The van der Waals surface area contributed by atoms with Crippen molar-refractivity contribution >= 4 is 23.6 Å². The number of nitrogens with zero attached hydrogens (tertiary/aromatic N) is 4. The van der Waals surface area contributed by atoms with Crippen LogP contribution in [-0.2, 0) is 18.4 Å². The second-order valence-electron chi connectivity index (χ2n) is 6.48. The predicted octanol–water partition coefficient (Wildman–Crippen LogP) is 2.28. The van der Waals surface area contributed by atoms with Crippen molar-refractivity contribution < 1.29 is 4.79 Å². The number of carbonyl (C=O) groups excluding carboxylic acids is 1. The maximum Gasteiger partial charge on any atom is 0.243 e. The monoisotopic (exact) mass is 387 g/mol. The van der Waals surface area contributed by atoms with E-state index in [1.54, 1.807) is 30.8 Å². The molecule has 0 spiro atoms. The average Bonchev–Trinajstić information content (AvgIpc) is 3.06. The zero-order valence-electron chi connectivity index (χ0n) is 16.6. The van der Waals surface area contributed by atoms with Gasteiger partial charge in [0.25, 0.3) is 0 Å². The van der Waals surface area contributed by atoms with Gasteiger partial charge in [0.1, 0.15) is 6.54 Å². The molecule has 0 bridgehead atoms. The first-order valence-electron chi connectivity index (χ1n) is 8.95. The number of likely N-dealkylation sites (N-methyl/N-ethyl adjacent to an activating group) is 1. The standard InChI is InChI=1S/C20H29N5OS/c1-23(2)19(26)15-22-20(25(4)16-17-9-8-13-24(17)3)21-12-14-27-18-10-6-5-7-11-18/h5-11,13H,12,14-16H2,1-4H3,(H,21,22). The highest BCUT2D eigenvalue weighted by Crippen LogP contribution is 2.15. The van der Waals surface area contributed by atoms with E-state index in [0.29, 0.717) is 0 Å². The van der Waals surface area contributed by atoms with E-state index in [-0.39, 0.29) is 12.5 Å². The zero-order chi connectivity index (χ0) is 19.6. The Bertz CT molecular complexity index is 742. The third kappa shape index (κ3) is 7.02. The van der Waals surface area contributed by atoms with Gasteiger partial charge in [-0.25, -0.2) is 4.99 Å². The van der Waals surface area contributed by atoms with Gasteiger partial charge < -0.3 is 19.7 Å². The third-order valence-corrected chi connectivity index (χ3v) is 5.09. The first kappa shape index (κ1) is 20.9. The van der Waals surface area contributed by atoms with Gasteiger partial charge >= 0.3 is 0 Å². The number of hydrogen-bond acceptors (Lipinski definition) is 3. The highest BCUT2D eigenvalue weighted by Gasteiger charge is 2.10. The van der Waals surface area contributed by atoms with Crippen LogP contribution < -0.4 is 5.32 Å². The lowest BCUT2D eigenvalue weighted by Crippen LogP contribution is -2.40. The van der Waals surface area contributed by atoms with Crippen LogP contribution in [0.5, 0.6) is 0 Å². The van der Waals surface area contributed by atoms with Crippen LogP contribution in [0, 0.1) is 0 Å². The molecule has 0 aliphatic rings. The van der Waals surface area contributed by atoms with E-state index in [0.717, 1.165) is 24.8 Å². The first-order chi connectivity index (χ1) is 13.0. The predicted molar refractivity (Wildman–Crippen MR) is 113 cm³/mol. The molecule has 27 heavy (non-hydrogen) atoms. The Kier molecular flexibility index (Phi) is 8.26. The van der Waals surface area contributed by atoms with Crippen molar-refractivity contribution in [2.75, 3.05) is 40.0 Å². The van der Waals surface area contributed by atoms with Gasteiger partial charge in [0, 0.05) is 57.3 Å². The van der Waals surface area contributed by atoms with Crippen molar-refractivity contribution in [2.24, 2.45) is 12.0 Å². The van der Waals surface area contributed by atoms with Crippen molar-refractivity contribution in [1.82, 2.24) is 19.7 Å². The summed E-state index contributed by atoms with van der Waals surface area (Å²) in [5.74, 6) is 1.64. The van der Waals surface area contributed by atoms with Crippen LogP contribution in [0.15, 0.2) is 58.5 Å². The topological polar surface area (TPSA) is 52.9 Å². The fourth-order valence-electron chi connectivity index (χ4n) is 2.42. The fourth-order valence-corrected chi connectivity index (χ4v) is 3.21. The maximum absolute atomic E-state index is 11.9. The van der Waals surface area contributed by atoms with Crippen molar-refractivity contribution in [3.8, 4) is 0 Å². The van der Waals surface area contributed by atoms with Crippen LogP contribution >= 0.6 is 11.8 Å². The van der Waals surface area contributed by atoms with E-state index >= 15 is 0 Å². The van der Waals surface area contributed by atoms with Crippen LogP contribution in [0.4, 0.5) is 0 Å². The highest BCUT2D eigenvalue weighted by atomic mass is 32.2. The molecule has 2 aromatic rings. The van der Waals surface area contributed by atoms with Gasteiger partial charge in [-0.15, -0.1) is 11.8 Å². The second-order valence-corrected chi connectivity index (χ2v) is 7.65. The van der Waals surface area contributed by atoms with E-state index < -0.39 is 0 Å². The molecule has 0 fully saturated rings. The van der Waals surface area contributed by atoms with Crippen LogP contribution in [0.3, 0.4) is 0 Å². The summed E-state index contributed by atoms with van der Waals surface area (Å²) < 4.78 is 2.09. The molecule has 1 aromatic carbocycles. The Balaban J connectivity index is 1.94. The van der Waals surface area contributed by atoms with E-state index in [9.17, 15) is 4.79 Å². The molecule has 7 heteroatoms. The number of guanidine groups is 1. The molecular formula is C20H29N5OS. The summed E-state index contributed by atoms with van der Waals surface area (Å²) in [4.78, 5) is 21.3. The van der Waals surface area contributed by atoms with Crippen LogP contribution in [0.1, 0.15) is 5.69 Å². The first-order valence-corrected chi connectivity index (χ1v) is 9.93. The van der Waals surface area contributed by atoms with Crippen LogP contribution in [0.25, 0.3) is 0 Å². The summed E-state index contributed by atoms with van der Waals surface area (Å²) in [6.07, 6.45) is 2.03. The lowest BCUT2D eigenvalue weighted by molar-refractivity contribution is -0.127. The molecular weight excluding hydrogens is 358 g/mol. The molecule has 6 nitrogen and oxygen atoms in total. The largest absolute Gasteiger partial charge is 0.355 e. The maximum atomic E-state index is 11.9. The van der Waals surface area contributed by atoms with E-state index in [2.05, 4.69) is 33.1 Å². The van der Waals surface area contributed by atoms with Crippen LogP contribution in [-0.4, -0.2) is 66.2 Å². The van der Waals surface area contributed by atoms with Crippen LogP contribution in [0.2, 0.25) is 0 Å². The number of nitrogens with one attached hydrogen (secondary N) is 1. The number of aliphatic imine (C=N–C) groups is 1. The minimum absolute atomic E-state index is 0.0137. The summed E-state index contributed by atoms with van der Waals surface area (Å²) in [6.45, 7) is 1.63. The van der Waals surface area contributed by atoms with E-state index in [4.69, 9.17) is 0 Å². The molecule has 2 rings (SSSR count). The smallest absolute Gasteiger partial charge is 0.243 e. The van der Waals surface area contributed by atoms with Gasteiger partial charge in [0.05, 0.1) is 6.54 Å². The van der Waals surface area contributed by atoms with Gasteiger partial charge in [0.2, 0.25) is 5.91 Å². The summed E-state index contributed by atoms with van der Waals surface area (Å²) in [5, 5.41) is 3.39. The number of carbonyl (C=O) groups is 1. The molecule has 0 unspecified atom stereocenters. The van der Waals surface area contributed by atoms with E-state index in [1.165, 1.54) is 10.6 Å². The Morgan fingerprint density at radius 3 is 2.52 bits per heavy atom. The summed E-state index contributed by atoms with van der Waals surface area (Å²) >= 11 is 1.80. The molecule has 0 saturated heterocycles. The van der Waals surface area contributed by atoms with Gasteiger partial charge in [-0.3, -0.25) is 4.79 Å². The van der Waals surface area contributed by atoms with Crippen molar-refractivity contribution in [2.45, 2.75) is 11.4 Å². The molecule has 0 atom stereocenters. The minimum atomic E-state index is -0.0137. The Labute approximate surface area is 166 Å². The normalized spacial score (nSPS) is 11.3. The molecule has 0 saturated carbocycles. The summed E-state index contributed by atoms with van der Waals surface area (Å²) in [6, 6.07) is 14.4. The van der Waals surface area contributed by atoms with Gasteiger partial charge in [0.15, 0.2) is 5.96 Å². The quantitative estimate of drug-likeness (QED) is 0.327. The lowest BCUT2D eigenvalue weighted by Gasteiger charge is -2.23. The molecule has 1 heterocycles. The number of thioether (sulfide) groups is 1. The summed E-state index contributed by atoms with van der Waals surface area (Å²) in [7, 11) is 7.51. The number of amides is 1. The number of rotatable bonds is 8. The molecule has 0 aliphatic carbocycles. The van der Waals surface area contributed by atoms with E-state index in [1.807, 2.05) is 49.5 Å². The molecule has 1 N–H and O–H groups in total. The van der Waals surface area contributed by atoms with Crippen molar-refractivity contribution in [3.63, 3.8) is 0 Å². The molecule has 0 radical (unpaired) electrons. The number of aromatic nitrogens is 1. The Morgan fingerprint density at radius 2 is 1.89 bits per heavy atom. The van der Waals surface area contributed by atoms with Crippen molar-refractivity contribution in [1.29, 1.82) is 0 Å². The number of hydrogen-bond donors (Lipinski definition) is 1. The second kappa shape index (κ2) is 10.7. The van der Waals surface area contributed by atoms with Gasteiger partial charge in [-0.1, -0.05) is 18.2 Å². The zero-order valence-corrected chi connectivity index (χ0v) is 17.4. The molecule has 1 amide bonds. The van der Waals surface area contributed by atoms with Crippen molar-refractivity contribution in [3.05, 3.63) is 54.4 Å². The fraction of sp³-hybridized carbons (Fsp3) is 0.400. The number of aryl methyl sites for hydroxylation is 1. The van der Waals surface area contributed by atoms with Gasteiger partial charge in [-0.2, -0.15) is 0 Å². The SMILES string of the molecule is CN(C)C(=O)CN=C(NCCSc1ccccc1)N(C)Cc1cccn1C. The highest BCUT2D eigenvalue weighted by molar-refractivity contribution is 7.99. The average molecular weight is 388 g/mol. The lowest BCUT2D eigenvalue weighted by atomic mass is 10.4. The Hall–Kier alpha value is -2.41. The van der Waals surface area contributed by atoms with Gasteiger partial charge in [-0.05, 0) is 24.3 Å². The molecule has 0 aliphatic heterocycles. The molecule has 1 aromatic heterocycles. The minimum Gasteiger partial charge on any atom is -0.355 e.